The Kier molecular flexibility index (Phi) is 2.23. The van der Waals surface area contributed by atoms with Crippen LogP contribution in [0.4, 0.5) is 0 Å². The molecule has 1 fully saturated rings. The number of rotatable bonds is 2. The fourth-order valence-electron chi connectivity index (χ4n) is 2.28. The summed E-state index contributed by atoms with van der Waals surface area (Å²) in [6, 6.07) is 7.63. The minimum atomic E-state index is 0.230. The molecule has 2 heteroatoms. The Morgan fingerprint density at radius 3 is 2.07 bits per heavy atom. The van der Waals surface area contributed by atoms with Crippen LogP contribution in [0.15, 0.2) is 24.3 Å². The fourth-order valence-corrected chi connectivity index (χ4v) is 2.28. The molecule has 0 aliphatic heterocycles. The third-order valence-corrected chi connectivity index (χ3v) is 3.44. The van der Waals surface area contributed by atoms with E-state index in [9.17, 15) is 5.11 Å². The summed E-state index contributed by atoms with van der Waals surface area (Å²) in [7, 11) is 4.26. The van der Waals surface area contributed by atoms with Gasteiger partial charge in [0.2, 0.25) is 0 Å². The Morgan fingerprint density at radius 2 is 1.71 bits per heavy atom. The van der Waals surface area contributed by atoms with Gasteiger partial charge in [0, 0.05) is 5.54 Å². The van der Waals surface area contributed by atoms with E-state index in [1.54, 1.807) is 12.1 Å². The average molecular weight is 191 g/mol. The quantitative estimate of drug-likeness (QED) is 0.775. The maximum Gasteiger partial charge on any atom is 0.115 e. The van der Waals surface area contributed by atoms with Crippen molar-refractivity contribution in [2.75, 3.05) is 14.1 Å². The predicted octanol–water partition coefficient (Wildman–Crippen LogP) is 2.33. The summed E-state index contributed by atoms with van der Waals surface area (Å²) in [6.07, 6.45) is 3.76. The molecule has 0 aromatic heterocycles. The normalized spacial score (nSPS) is 19.4. The van der Waals surface area contributed by atoms with Crippen LogP contribution in [0, 0.1) is 0 Å². The van der Waals surface area contributed by atoms with E-state index >= 15 is 0 Å². The van der Waals surface area contributed by atoms with Crippen LogP contribution in [0.25, 0.3) is 0 Å². The van der Waals surface area contributed by atoms with Gasteiger partial charge >= 0.3 is 0 Å². The molecule has 1 aliphatic carbocycles. The third-order valence-electron chi connectivity index (χ3n) is 3.44. The molecule has 0 saturated heterocycles. The molecule has 0 unspecified atom stereocenters. The summed E-state index contributed by atoms with van der Waals surface area (Å²) >= 11 is 0. The standard InChI is InChI=1S/C12H17NO/c1-13(2)12(8-3-9-12)10-4-6-11(14)7-5-10/h4-7,14H,3,8-9H2,1-2H3. The van der Waals surface area contributed by atoms with Gasteiger partial charge in [-0.3, -0.25) is 4.90 Å². The Bertz CT molecular complexity index is 312. The second-order valence-electron chi connectivity index (χ2n) is 4.33. The molecule has 0 heterocycles. The zero-order valence-corrected chi connectivity index (χ0v) is 8.83. The Balaban J connectivity index is 2.32. The Morgan fingerprint density at radius 1 is 1.14 bits per heavy atom. The van der Waals surface area contributed by atoms with E-state index in [4.69, 9.17) is 0 Å². The Labute approximate surface area is 85.2 Å². The van der Waals surface area contributed by atoms with Crippen LogP contribution in [-0.4, -0.2) is 24.1 Å². The summed E-state index contributed by atoms with van der Waals surface area (Å²) in [5.41, 5.74) is 1.56. The number of hydrogen-bond donors (Lipinski definition) is 1. The molecule has 2 rings (SSSR count). The maximum atomic E-state index is 9.24. The highest BCUT2D eigenvalue weighted by Gasteiger charge is 2.40. The first-order valence-electron chi connectivity index (χ1n) is 5.12. The van der Waals surface area contributed by atoms with Crippen molar-refractivity contribution in [2.45, 2.75) is 24.8 Å². The zero-order valence-electron chi connectivity index (χ0n) is 8.83. The second-order valence-corrected chi connectivity index (χ2v) is 4.33. The van der Waals surface area contributed by atoms with Gasteiger partial charge in [-0.05, 0) is 51.1 Å². The van der Waals surface area contributed by atoms with Gasteiger partial charge in [-0.2, -0.15) is 0 Å². The van der Waals surface area contributed by atoms with E-state index in [0.717, 1.165) is 0 Å². The van der Waals surface area contributed by atoms with Crippen molar-refractivity contribution in [1.82, 2.24) is 4.90 Å². The highest BCUT2D eigenvalue weighted by atomic mass is 16.3. The molecule has 0 atom stereocenters. The zero-order chi connectivity index (χ0) is 10.2. The first kappa shape index (κ1) is 9.53. The van der Waals surface area contributed by atoms with E-state index < -0.39 is 0 Å². The molecular formula is C12H17NO. The fraction of sp³-hybridized carbons (Fsp3) is 0.500. The second kappa shape index (κ2) is 3.28. The molecular weight excluding hydrogens is 174 g/mol. The summed E-state index contributed by atoms with van der Waals surface area (Å²) in [5.74, 6) is 0.349. The minimum absolute atomic E-state index is 0.230. The van der Waals surface area contributed by atoms with Crippen molar-refractivity contribution in [3.8, 4) is 5.75 Å². The summed E-state index contributed by atoms with van der Waals surface area (Å²) in [6.45, 7) is 0. The van der Waals surface area contributed by atoms with Crippen LogP contribution in [0.1, 0.15) is 24.8 Å². The smallest absolute Gasteiger partial charge is 0.115 e. The number of aromatic hydroxyl groups is 1. The first-order chi connectivity index (χ1) is 6.65. The van der Waals surface area contributed by atoms with Gasteiger partial charge in [0.25, 0.3) is 0 Å². The lowest BCUT2D eigenvalue weighted by atomic mass is 9.71. The van der Waals surface area contributed by atoms with Crippen LogP contribution in [0.3, 0.4) is 0 Å². The number of phenols is 1. The molecule has 1 aromatic rings. The van der Waals surface area contributed by atoms with Crippen LogP contribution >= 0.6 is 0 Å². The summed E-state index contributed by atoms with van der Waals surface area (Å²) < 4.78 is 0. The molecule has 14 heavy (non-hydrogen) atoms. The van der Waals surface area contributed by atoms with Crippen LogP contribution in [0.5, 0.6) is 5.75 Å². The van der Waals surface area contributed by atoms with Gasteiger partial charge in [-0.1, -0.05) is 12.1 Å². The van der Waals surface area contributed by atoms with Crippen LogP contribution in [0.2, 0.25) is 0 Å². The SMILES string of the molecule is CN(C)C1(c2ccc(O)cc2)CCC1. The highest BCUT2D eigenvalue weighted by molar-refractivity contribution is 5.32. The number of nitrogens with zero attached hydrogens (tertiary/aromatic N) is 1. The van der Waals surface area contributed by atoms with Crippen molar-refractivity contribution in [3.63, 3.8) is 0 Å². The number of benzene rings is 1. The van der Waals surface area contributed by atoms with E-state index in [0.29, 0.717) is 5.75 Å². The lowest BCUT2D eigenvalue weighted by molar-refractivity contribution is 0.0577. The molecule has 1 aromatic carbocycles. The maximum absolute atomic E-state index is 9.24. The molecule has 1 aliphatic rings. The predicted molar refractivity (Wildman–Crippen MR) is 57.3 cm³/mol. The first-order valence-corrected chi connectivity index (χ1v) is 5.12. The number of hydrogen-bond acceptors (Lipinski definition) is 2. The van der Waals surface area contributed by atoms with Gasteiger partial charge in [-0.25, -0.2) is 0 Å². The molecule has 0 radical (unpaired) electrons. The van der Waals surface area contributed by atoms with Gasteiger partial charge < -0.3 is 5.11 Å². The highest BCUT2D eigenvalue weighted by Crippen LogP contribution is 2.45. The molecule has 76 valence electrons. The largest absolute Gasteiger partial charge is 0.508 e. The average Bonchev–Trinajstić information content (AvgIpc) is 2.05. The molecule has 1 saturated carbocycles. The van der Waals surface area contributed by atoms with E-state index in [-0.39, 0.29) is 5.54 Å². The topological polar surface area (TPSA) is 23.5 Å². The lowest BCUT2D eigenvalue weighted by Gasteiger charge is -2.47. The van der Waals surface area contributed by atoms with Crippen molar-refractivity contribution in [1.29, 1.82) is 0 Å². The van der Waals surface area contributed by atoms with Gasteiger partial charge in [0.15, 0.2) is 0 Å². The van der Waals surface area contributed by atoms with Gasteiger partial charge in [0.1, 0.15) is 5.75 Å². The Hall–Kier alpha value is -1.02. The van der Waals surface area contributed by atoms with Crippen LogP contribution in [-0.2, 0) is 5.54 Å². The minimum Gasteiger partial charge on any atom is -0.508 e. The molecule has 0 spiro atoms. The van der Waals surface area contributed by atoms with Crippen molar-refractivity contribution in [3.05, 3.63) is 29.8 Å². The monoisotopic (exact) mass is 191 g/mol. The lowest BCUT2D eigenvalue weighted by Crippen LogP contribution is -2.46. The molecule has 0 bridgehead atoms. The van der Waals surface area contributed by atoms with Crippen molar-refractivity contribution in [2.24, 2.45) is 0 Å². The molecule has 0 amide bonds. The number of phenolic OH excluding ortho intramolecular Hbond substituents is 1. The van der Waals surface area contributed by atoms with Gasteiger partial charge in [0.05, 0.1) is 0 Å². The van der Waals surface area contributed by atoms with E-state index in [2.05, 4.69) is 19.0 Å². The summed E-state index contributed by atoms with van der Waals surface area (Å²) in [5, 5.41) is 9.24. The van der Waals surface area contributed by atoms with Crippen molar-refractivity contribution >= 4 is 0 Å². The van der Waals surface area contributed by atoms with Crippen molar-refractivity contribution < 1.29 is 5.11 Å². The van der Waals surface area contributed by atoms with Crippen LogP contribution < -0.4 is 0 Å². The van der Waals surface area contributed by atoms with E-state index in [1.165, 1.54) is 24.8 Å². The third kappa shape index (κ3) is 1.30. The molecule has 1 N–H and O–H groups in total. The summed E-state index contributed by atoms with van der Waals surface area (Å²) in [4.78, 5) is 2.29. The van der Waals surface area contributed by atoms with Gasteiger partial charge in [-0.15, -0.1) is 0 Å². The molecule has 2 nitrogen and oxygen atoms in total. The van der Waals surface area contributed by atoms with E-state index in [1.807, 2.05) is 12.1 Å².